The van der Waals surface area contributed by atoms with Crippen molar-refractivity contribution in [1.29, 1.82) is 0 Å². The van der Waals surface area contributed by atoms with E-state index in [-0.39, 0.29) is 6.04 Å². The minimum atomic E-state index is -0.636. The van der Waals surface area contributed by atoms with Gasteiger partial charge in [0.1, 0.15) is 5.75 Å². The molecular weight excluding hydrogens is 256 g/mol. The molecule has 5 heteroatoms. The van der Waals surface area contributed by atoms with Crippen LogP contribution < -0.4 is 15.4 Å². The van der Waals surface area contributed by atoms with E-state index in [0.717, 1.165) is 11.3 Å². The molecule has 20 heavy (non-hydrogen) atoms. The Hall–Kier alpha value is -2.04. The van der Waals surface area contributed by atoms with Crippen LogP contribution >= 0.6 is 0 Å². The van der Waals surface area contributed by atoms with Crippen molar-refractivity contribution in [3.8, 4) is 5.75 Å². The van der Waals surface area contributed by atoms with Gasteiger partial charge in [0, 0.05) is 5.54 Å². The second-order valence-corrected chi connectivity index (χ2v) is 5.67. The highest BCUT2D eigenvalue weighted by Gasteiger charge is 2.21. The largest absolute Gasteiger partial charge is 0.497 e. The van der Waals surface area contributed by atoms with Crippen LogP contribution in [0.1, 0.15) is 39.3 Å². The summed E-state index contributed by atoms with van der Waals surface area (Å²) in [5, 5.41) is 5.29. The minimum Gasteiger partial charge on any atom is -0.497 e. The van der Waals surface area contributed by atoms with E-state index >= 15 is 0 Å². The van der Waals surface area contributed by atoms with Crippen LogP contribution in [0.2, 0.25) is 0 Å². The minimum absolute atomic E-state index is 0.251. The Bertz CT molecular complexity index is 475. The number of amides is 2. The second kappa shape index (κ2) is 6.41. The molecule has 0 radical (unpaired) electrons. The van der Waals surface area contributed by atoms with Crippen LogP contribution in [0.3, 0.4) is 0 Å². The predicted molar refractivity (Wildman–Crippen MR) is 77.4 cm³/mol. The molecule has 5 nitrogen and oxygen atoms in total. The smallest absolute Gasteiger partial charge is 0.309 e. The first-order valence-corrected chi connectivity index (χ1v) is 6.50. The topological polar surface area (TPSA) is 67.4 Å². The summed E-state index contributed by atoms with van der Waals surface area (Å²) >= 11 is 0. The third-order valence-electron chi connectivity index (χ3n) is 2.66. The molecule has 0 aliphatic carbocycles. The van der Waals surface area contributed by atoms with E-state index in [0.29, 0.717) is 0 Å². The van der Waals surface area contributed by atoms with Crippen molar-refractivity contribution in [3.05, 3.63) is 29.8 Å². The third-order valence-corrected chi connectivity index (χ3v) is 2.66. The maximum Gasteiger partial charge on any atom is 0.309 e. The zero-order valence-corrected chi connectivity index (χ0v) is 12.6. The lowest BCUT2D eigenvalue weighted by molar-refractivity contribution is -0.140. The SMILES string of the molecule is COc1ccc([C@@H](C)NC(=O)C(=O)NC(C)(C)C)cc1. The lowest BCUT2D eigenvalue weighted by Crippen LogP contribution is -2.48. The zero-order valence-electron chi connectivity index (χ0n) is 12.6. The van der Waals surface area contributed by atoms with Gasteiger partial charge in [-0.3, -0.25) is 9.59 Å². The van der Waals surface area contributed by atoms with Crippen LogP contribution in [-0.4, -0.2) is 24.5 Å². The monoisotopic (exact) mass is 278 g/mol. The number of hydrogen-bond donors (Lipinski definition) is 2. The molecule has 1 rings (SSSR count). The highest BCUT2D eigenvalue weighted by Crippen LogP contribution is 2.17. The molecule has 0 heterocycles. The van der Waals surface area contributed by atoms with Crippen molar-refractivity contribution in [3.63, 3.8) is 0 Å². The Labute approximate surface area is 119 Å². The summed E-state index contributed by atoms with van der Waals surface area (Å²) in [6.07, 6.45) is 0. The first-order valence-electron chi connectivity index (χ1n) is 6.50. The number of methoxy groups -OCH3 is 1. The Morgan fingerprint density at radius 1 is 1.10 bits per heavy atom. The van der Waals surface area contributed by atoms with Gasteiger partial charge in [-0.1, -0.05) is 12.1 Å². The van der Waals surface area contributed by atoms with Gasteiger partial charge >= 0.3 is 11.8 Å². The van der Waals surface area contributed by atoms with Crippen molar-refractivity contribution in [2.75, 3.05) is 7.11 Å². The van der Waals surface area contributed by atoms with E-state index in [1.807, 2.05) is 52.0 Å². The van der Waals surface area contributed by atoms with E-state index < -0.39 is 17.4 Å². The number of ether oxygens (including phenoxy) is 1. The Kier molecular flexibility index (Phi) is 5.13. The first kappa shape index (κ1) is 16.0. The van der Waals surface area contributed by atoms with Gasteiger partial charge in [-0.2, -0.15) is 0 Å². The van der Waals surface area contributed by atoms with Crippen LogP contribution in [0.4, 0.5) is 0 Å². The van der Waals surface area contributed by atoms with Crippen LogP contribution in [0, 0.1) is 0 Å². The molecule has 0 fully saturated rings. The number of nitrogens with one attached hydrogen (secondary N) is 2. The highest BCUT2D eigenvalue weighted by atomic mass is 16.5. The van der Waals surface area contributed by atoms with Crippen molar-refractivity contribution < 1.29 is 14.3 Å². The molecule has 2 N–H and O–H groups in total. The Balaban J connectivity index is 2.62. The molecule has 110 valence electrons. The number of hydrogen-bond acceptors (Lipinski definition) is 3. The fraction of sp³-hybridized carbons (Fsp3) is 0.467. The van der Waals surface area contributed by atoms with Crippen molar-refractivity contribution in [1.82, 2.24) is 10.6 Å². The van der Waals surface area contributed by atoms with Crippen molar-refractivity contribution in [2.24, 2.45) is 0 Å². The van der Waals surface area contributed by atoms with Crippen LogP contribution in [0.25, 0.3) is 0 Å². The summed E-state index contributed by atoms with van der Waals surface area (Å²) < 4.78 is 5.07. The summed E-state index contributed by atoms with van der Waals surface area (Å²) in [7, 11) is 1.59. The second-order valence-electron chi connectivity index (χ2n) is 5.67. The molecule has 0 aliphatic rings. The molecule has 0 saturated carbocycles. The molecule has 0 spiro atoms. The number of benzene rings is 1. The molecular formula is C15H22N2O3. The van der Waals surface area contributed by atoms with Gasteiger partial charge in [-0.05, 0) is 45.4 Å². The summed E-state index contributed by atoms with van der Waals surface area (Å²) in [5.74, 6) is -0.515. The number of carbonyl (C=O) groups excluding carboxylic acids is 2. The van der Waals surface area contributed by atoms with E-state index in [9.17, 15) is 9.59 Å². The predicted octanol–water partition coefficient (Wildman–Crippen LogP) is 1.79. The molecule has 1 aromatic rings. The van der Waals surface area contributed by atoms with E-state index in [1.165, 1.54) is 0 Å². The standard InChI is InChI=1S/C15H22N2O3/c1-10(11-6-8-12(20-5)9-7-11)16-13(18)14(19)17-15(2,3)4/h6-10H,1-5H3,(H,16,18)(H,17,19)/t10-/m1/s1. The normalized spacial score (nSPS) is 12.4. The van der Waals surface area contributed by atoms with Gasteiger partial charge in [0.25, 0.3) is 0 Å². The summed E-state index contributed by atoms with van der Waals surface area (Å²) in [5.41, 5.74) is 0.473. The van der Waals surface area contributed by atoms with Crippen molar-refractivity contribution in [2.45, 2.75) is 39.3 Å². The Morgan fingerprint density at radius 2 is 1.65 bits per heavy atom. The summed E-state index contributed by atoms with van der Waals surface area (Å²) in [4.78, 5) is 23.5. The van der Waals surface area contributed by atoms with Gasteiger partial charge < -0.3 is 15.4 Å². The molecule has 1 aromatic carbocycles. The van der Waals surface area contributed by atoms with Crippen LogP contribution in [0.5, 0.6) is 5.75 Å². The third kappa shape index (κ3) is 4.91. The van der Waals surface area contributed by atoms with E-state index in [2.05, 4.69) is 10.6 Å². The number of carbonyl (C=O) groups is 2. The molecule has 0 unspecified atom stereocenters. The van der Waals surface area contributed by atoms with Gasteiger partial charge in [0.05, 0.1) is 13.2 Å². The fourth-order valence-corrected chi connectivity index (χ4v) is 1.64. The van der Waals surface area contributed by atoms with E-state index in [1.54, 1.807) is 7.11 Å². The highest BCUT2D eigenvalue weighted by molar-refractivity contribution is 6.35. The van der Waals surface area contributed by atoms with E-state index in [4.69, 9.17) is 4.74 Å². The first-order chi connectivity index (χ1) is 9.23. The number of rotatable bonds is 3. The molecule has 0 aliphatic heterocycles. The Morgan fingerprint density at radius 3 is 2.10 bits per heavy atom. The molecule has 1 atom stereocenters. The zero-order chi connectivity index (χ0) is 15.3. The molecule has 0 bridgehead atoms. The quantitative estimate of drug-likeness (QED) is 0.828. The van der Waals surface area contributed by atoms with Crippen LogP contribution in [0.15, 0.2) is 24.3 Å². The lowest BCUT2D eigenvalue weighted by atomic mass is 10.1. The average Bonchev–Trinajstić information content (AvgIpc) is 2.36. The summed E-state index contributed by atoms with van der Waals surface area (Å²) in [6, 6.07) is 7.08. The van der Waals surface area contributed by atoms with Crippen molar-refractivity contribution >= 4 is 11.8 Å². The maximum atomic E-state index is 11.8. The van der Waals surface area contributed by atoms with Gasteiger partial charge in [0.15, 0.2) is 0 Å². The molecule has 2 amide bonds. The van der Waals surface area contributed by atoms with Gasteiger partial charge in [0.2, 0.25) is 0 Å². The van der Waals surface area contributed by atoms with Gasteiger partial charge in [-0.25, -0.2) is 0 Å². The molecule has 0 saturated heterocycles. The van der Waals surface area contributed by atoms with Gasteiger partial charge in [-0.15, -0.1) is 0 Å². The summed E-state index contributed by atoms with van der Waals surface area (Å²) in [6.45, 7) is 7.30. The average molecular weight is 278 g/mol. The lowest BCUT2D eigenvalue weighted by Gasteiger charge is -2.21. The molecule has 0 aromatic heterocycles. The maximum absolute atomic E-state index is 11.8. The van der Waals surface area contributed by atoms with Crippen LogP contribution in [-0.2, 0) is 9.59 Å². The fourth-order valence-electron chi connectivity index (χ4n) is 1.64.